The summed E-state index contributed by atoms with van der Waals surface area (Å²) in [5, 5.41) is 8.23. The highest BCUT2D eigenvalue weighted by molar-refractivity contribution is 7.99. The molecule has 0 saturated carbocycles. The van der Waals surface area contributed by atoms with Gasteiger partial charge in [-0.3, -0.25) is 5.41 Å². The van der Waals surface area contributed by atoms with Gasteiger partial charge in [-0.1, -0.05) is 23.4 Å². The molecule has 0 amide bonds. The van der Waals surface area contributed by atoms with Crippen molar-refractivity contribution in [2.75, 3.05) is 0 Å². The molecule has 0 aliphatic rings. The molecule has 0 spiro atoms. The van der Waals surface area contributed by atoms with Crippen molar-refractivity contribution in [1.82, 2.24) is 4.98 Å². The highest BCUT2D eigenvalue weighted by Crippen LogP contribution is 2.32. The Morgan fingerprint density at radius 1 is 1.39 bits per heavy atom. The van der Waals surface area contributed by atoms with Crippen LogP contribution in [-0.4, -0.2) is 10.8 Å². The number of hydrogen-bond donors (Lipinski definition) is 2. The van der Waals surface area contributed by atoms with E-state index in [-0.39, 0.29) is 5.84 Å². The third-order valence-corrected chi connectivity index (χ3v) is 3.66. The average Bonchev–Trinajstić information content (AvgIpc) is 2.34. The minimum absolute atomic E-state index is 0.165. The summed E-state index contributed by atoms with van der Waals surface area (Å²) < 4.78 is 13.8. The molecule has 1 aromatic carbocycles. The van der Waals surface area contributed by atoms with Crippen LogP contribution in [0.25, 0.3) is 0 Å². The first-order valence-corrected chi connectivity index (χ1v) is 6.19. The summed E-state index contributed by atoms with van der Waals surface area (Å²) in [6.45, 7) is 0. The number of nitrogen functional groups attached to an aromatic ring is 1. The molecule has 0 unspecified atom stereocenters. The third kappa shape index (κ3) is 2.80. The largest absolute Gasteiger partial charge is 0.384 e. The molecule has 0 atom stereocenters. The van der Waals surface area contributed by atoms with E-state index in [9.17, 15) is 4.39 Å². The lowest BCUT2D eigenvalue weighted by molar-refractivity contribution is 0.601. The predicted octanol–water partition coefficient (Wildman–Crippen LogP) is 3.31. The van der Waals surface area contributed by atoms with Crippen molar-refractivity contribution in [3.63, 3.8) is 0 Å². The Bertz CT molecular complexity index is 604. The second-order valence-corrected chi connectivity index (χ2v) is 4.89. The Balaban J connectivity index is 2.30. The maximum Gasteiger partial charge on any atom is 0.137 e. The third-order valence-electron chi connectivity index (χ3n) is 2.17. The fraction of sp³-hybridized carbons (Fsp3) is 0. The van der Waals surface area contributed by atoms with Crippen molar-refractivity contribution >= 4 is 29.2 Å². The first kappa shape index (κ1) is 12.9. The first-order chi connectivity index (χ1) is 8.58. The minimum atomic E-state index is -0.450. The normalized spacial score (nSPS) is 10.3. The summed E-state index contributed by atoms with van der Waals surface area (Å²) in [5.74, 6) is -0.615. The van der Waals surface area contributed by atoms with Gasteiger partial charge >= 0.3 is 0 Å². The van der Waals surface area contributed by atoms with Gasteiger partial charge in [-0.2, -0.15) is 0 Å². The van der Waals surface area contributed by atoms with Crippen molar-refractivity contribution in [2.45, 2.75) is 9.92 Å². The molecule has 0 radical (unpaired) electrons. The van der Waals surface area contributed by atoms with Gasteiger partial charge in [0.2, 0.25) is 0 Å². The molecule has 1 aromatic heterocycles. The van der Waals surface area contributed by atoms with E-state index >= 15 is 0 Å². The van der Waals surface area contributed by atoms with E-state index in [2.05, 4.69) is 4.98 Å². The zero-order valence-electron chi connectivity index (χ0n) is 9.15. The Labute approximate surface area is 113 Å². The number of amidine groups is 1. The van der Waals surface area contributed by atoms with Gasteiger partial charge in [0.1, 0.15) is 16.7 Å². The smallest absolute Gasteiger partial charge is 0.137 e. The lowest BCUT2D eigenvalue weighted by atomic mass is 10.2. The Hall–Kier alpha value is -1.59. The zero-order valence-corrected chi connectivity index (χ0v) is 10.7. The number of nitrogens with two attached hydrogens (primary N) is 1. The summed E-state index contributed by atoms with van der Waals surface area (Å²) in [4.78, 5) is 4.46. The summed E-state index contributed by atoms with van der Waals surface area (Å²) in [7, 11) is 0. The lowest BCUT2D eigenvalue weighted by Gasteiger charge is -2.05. The molecule has 2 aromatic rings. The lowest BCUT2D eigenvalue weighted by Crippen LogP contribution is -2.11. The Morgan fingerprint density at radius 2 is 2.17 bits per heavy atom. The number of pyridine rings is 1. The van der Waals surface area contributed by atoms with E-state index in [0.717, 1.165) is 11.8 Å². The van der Waals surface area contributed by atoms with Crippen LogP contribution in [0.1, 0.15) is 5.56 Å². The molecule has 0 bridgehead atoms. The Kier molecular flexibility index (Phi) is 3.84. The van der Waals surface area contributed by atoms with Gasteiger partial charge in [-0.05, 0) is 30.3 Å². The van der Waals surface area contributed by atoms with Gasteiger partial charge in [-0.15, -0.1) is 0 Å². The van der Waals surface area contributed by atoms with Gasteiger partial charge in [0.25, 0.3) is 0 Å². The molecule has 0 saturated heterocycles. The number of halogens is 2. The maximum absolute atomic E-state index is 13.8. The van der Waals surface area contributed by atoms with Crippen LogP contribution >= 0.6 is 23.4 Å². The summed E-state index contributed by atoms with van der Waals surface area (Å²) >= 11 is 7.08. The fourth-order valence-corrected chi connectivity index (χ4v) is 2.32. The second-order valence-electron chi connectivity index (χ2n) is 3.45. The highest BCUT2D eigenvalue weighted by atomic mass is 35.5. The molecule has 92 valence electrons. The molecule has 6 heteroatoms. The summed E-state index contributed by atoms with van der Waals surface area (Å²) in [6.07, 6.45) is 1.59. The number of nitrogens with zero attached hydrogens (tertiary/aromatic N) is 1. The summed E-state index contributed by atoms with van der Waals surface area (Å²) in [5.41, 5.74) is 5.64. The van der Waals surface area contributed by atoms with Gasteiger partial charge in [0.05, 0.1) is 5.02 Å². The molecule has 3 nitrogen and oxygen atoms in total. The van der Waals surface area contributed by atoms with Crippen LogP contribution in [0.4, 0.5) is 4.39 Å². The van der Waals surface area contributed by atoms with Crippen LogP contribution in [0.2, 0.25) is 5.02 Å². The zero-order chi connectivity index (χ0) is 13.1. The molecule has 18 heavy (non-hydrogen) atoms. The molecule has 1 heterocycles. The molecule has 2 rings (SSSR count). The quantitative estimate of drug-likeness (QED) is 0.670. The number of aromatic nitrogens is 1. The fourth-order valence-electron chi connectivity index (χ4n) is 1.30. The second kappa shape index (κ2) is 5.37. The van der Waals surface area contributed by atoms with Crippen LogP contribution in [0.15, 0.2) is 46.5 Å². The number of rotatable bonds is 3. The highest BCUT2D eigenvalue weighted by Gasteiger charge is 2.09. The van der Waals surface area contributed by atoms with E-state index in [1.54, 1.807) is 30.5 Å². The SMILES string of the molecule is N=C(N)c1ccc(Sc2ncccc2Cl)c(F)c1. The molecule has 3 N–H and O–H groups in total. The van der Waals surface area contributed by atoms with Crippen molar-refractivity contribution in [3.05, 3.63) is 52.9 Å². The predicted molar refractivity (Wildman–Crippen MR) is 70.8 cm³/mol. The van der Waals surface area contributed by atoms with E-state index in [1.807, 2.05) is 0 Å². The van der Waals surface area contributed by atoms with Gasteiger partial charge < -0.3 is 5.73 Å². The molecule has 0 aliphatic heterocycles. The average molecular weight is 282 g/mol. The number of hydrogen-bond acceptors (Lipinski definition) is 3. The van der Waals surface area contributed by atoms with Crippen molar-refractivity contribution < 1.29 is 4.39 Å². The molecular formula is C12H9ClFN3S. The first-order valence-electron chi connectivity index (χ1n) is 5.00. The van der Waals surface area contributed by atoms with Gasteiger partial charge in [0.15, 0.2) is 0 Å². The number of nitrogens with one attached hydrogen (secondary N) is 1. The van der Waals surface area contributed by atoms with Gasteiger partial charge in [0, 0.05) is 16.7 Å². The van der Waals surface area contributed by atoms with Crippen LogP contribution in [0.3, 0.4) is 0 Å². The van der Waals surface area contributed by atoms with Crippen molar-refractivity contribution in [3.8, 4) is 0 Å². The topological polar surface area (TPSA) is 62.8 Å². The van der Waals surface area contributed by atoms with Crippen LogP contribution in [0.5, 0.6) is 0 Å². The monoisotopic (exact) mass is 281 g/mol. The molecular weight excluding hydrogens is 273 g/mol. The van der Waals surface area contributed by atoms with E-state index < -0.39 is 5.82 Å². The molecule has 0 aliphatic carbocycles. The summed E-state index contributed by atoms with van der Waals surface area (Å²) in [6, 6.07) is 7.77. The molecule has 0 fully saturated rings. The van der Waals surface area contributed by atoms with Crippen molar-refractivity contribution in [1.29, 1.82) is 5.41 Å². The van der Waals surface area contributed by atoms with Gasteiger partial charge in [-0.25, -0.2) is 9.37 Å². The van der Waals surface area contributed by atoms with Crippen LogP contribution in [-0.2, 0) is 0 Å². The minimum Gasteiger partial charge on any atom is -0.384 e. The number of benzene rings is 1. The standard InChI is InChI=1S/C12H9ClFN3S/c13-8-2-1-5-17-12(8)18-10-4-3-7(11(15)16)6-9(10)14/h1-6H,(H3,15,16). The van der Waals surface area contributed by atoms with Crippen LogP contribution in [0, 0.1) is 11.2 Å². The van der Waals surface area contributed by atoms with E-state index in [0.29, 0.717) is 20.5 Å². The van der Waals surface area contributed by atoms with E-state index in [4.69, 9.17) is 22.7 Å². The van der Waals surface area contributed by atoms with Crippen molar-refractivity contribution in [2.24, 2.45) is 5.73 Å². The maximum atomic E-state index is 13.8. The Morgan fingerprint density at radius 3 is 2.78 bits per heavy atom. The van der Waals surface area contributed by atoms with E-state index in [1.165, 1.54) is 6.07 Å². The van der Waals surface area contributed by atoms with Crippen LogP contribution < -0.4 is 5.73 Å².